The molecule has 0 saturated carbocycles. The topological polar surface area (TPSA) is 711 Å². The van der Waals surface area contributed by atoms with Crippen LogP contribution in [0.3, 0.4) is 0 Å². The van der Waals surface area contributed by atoms with E-state index in [1.54, 1.807) is 67.8 Å². The molecule has 3 aromatic carbocycles. The Bertz CT molecular complexity index is 5390. The molecule has 0 spiro atoms. The number of primary amides is 1. The van der Waals surface area contributed by atoms with Gasteiger partial charge in [0, 0.05) is 119 Å². The van der Waals surface area contributed by atoms with Crippen molar-refractivity contribution < 1.29 is 102 Å². The number of para-hydroxylation sites is 2. The van der Waals surface area contributed by atoms with E-state index in [1.165, 1.54) is 69.8 Å². The van der Waals surface area contributed by atoms with E-state index in [0.29, 0.717) is 69.5 Å². The molecule has 16 amide bonds. The van der Waals surface area contributed by atoms with Gasteiger partial charge in [0.2, 0.25) is 94.5 Å². The number of phenols is 1. The van der Waals surface area contributed by atoms with Crippen LogP contribution in [0.15, 0.2) is 95.2 Å². The van der Waals surface area contributed by atoms with Crippen molar-refractivity contribution in [1.29, 1.82) is 10.8 Å². The highest BCUT2D eigenvalue weighted by atomic mass is 32.2. The number of nitrogens with one attached hydrogen (secondary N) is 16. The molecular weight excluding hydrogens is 1840 g/mol. The SMILES string of the molecule is CCCC[C@H]1C(=O)N(C)[C@@H](CCCC)C(=O)N[C@@H](CC(=O)O)C(=O)N[C@H](C(=O)NCC(N)=O)CSCC(=O)N[C@@H](Cc2ccc(O)cc2)C(=O)N(C)[C@@H](C)C(=O)N[C@@H](CC(=O)O)C(=O)N2CCC[C@H]2C(=O)N[C@@H](CC2C=NC=N2)C(=O)N[C@@H](CCCNC(=N)N)C(=O)N2CCC[C@H]2C(=O)N[C@@H](Cc2c[nH]c3ccccc23)C(=O)N[C@@H](CCCNC(=N)N)C(=O)N[C@@H](Cc2c[nH]c3ccccc23)C(=O)N1C. The van der Waals surface area contributed by atoms with Crippen molar-refractivity contribution in [1.82, 2.24) is 98.3 Å². The maximum absolute atomic E-state index is 15.9. The number of fused-ring (bicyclic) bond motifs is 4. The maximum atomic E-state index is 15.9. The van der Waals surface area contributed by atoms with E-state index in [2.05, 4.69) is 83.8 Å². The standard InChI is InChI=1S/C92H128N26O21S/c1-7-9-25-69-83(132)110-64(41-75(122)123)82(131)113-68(78(127)103-46-73(93)120)47-140-48-74(121)105-65(37-51-29-31-55(119)32-30-51)86(135)114(4)50(3)77(126)111-67(42-76(124)125)89(138)118-36-18-28-71(118)85(134)109-63(40-54-45-98-49-104-54)81(130)107-61(24-16-34-100-92(96)97)88(137)117-35-17-27-70(117)84(133)108-62(38-52-43-101-58-21-13-11-19-56(52)58)80(129)106-60(23-15-33-99-91(94)95)79(128)112-66(39-53-44-102-59-22-14-12-20-57(53)59)87(136)116(6)72(26-10-8-2)90(139)115(69)5/h11-14,19-22,29-32,43-45,49-50,54,60-72,101-102,119H,7-10,15-18,23-28,33-42,46-48H2,1-6H3,(H2,93,120)(H,103,127)(H,105,121)(H,106,129)(H,107,130)(H,108,133)(H,109,134)(H,110,132)(H,111,126)(H,112,128)(H,113,131)(H,122,123)(H,124,125)(H4,94,95,99)(H4,96,97,100)/t50-,54?,60-,61-,62-,63-,64-,65-,66-,67-,68-,69-,70-,71-,72-/m0/s1. The van der Waals surface area contributed by atoms with Crippen molar-refractivity contribution in [3.8, 4) is 5.75 Å². The van der Waals surface area contributed by atoms with Gasteiger partial charge in [0.25, 0.3) is 0 Å². The number of aromatic hydroxyl groups is 1. The van der Waals surface area contributed by atoms with Gasteiger partial charge in [-0.3, -0.25) is 102 Å². The summed E-state index contributed by atoms with van der Waals surface area (Å²) >= 11 is 0.670. The van der Waals surface area contributed by atoms with E-state index in [4.69, 9.17) is 28.0 Å². The molecule has 48 heteroatoms. The number of nitrogens with two attached hydrogens (primary N) is 3. The minimum Gasteiger partial charge on any atom is -0.508 e. The number of phenolic OH excluding ortho intramolecular Hbond substituents is 1. The zero-order valence-corrected chi connectivity index (χ0v) is 79.8. The van der Waals surface area contributed by atoms with Crippen LogP contribution in [0.4, 0.5) is 0 Å². The first-order valence-electron chi connectivity index (χ1n) is 46.6. The fourth-order valence-corrected chi connectivity index (χ4v) is 18.0. The van der Waals surface area contributed by atoms with Gasteiger partial charge in [-0.2, -0.15) is 0 Å². The molecular formula is C92H128N26O21S. The Morgan fingerprint density at radius 2 is 0.964 bits per heavy atom. The Morgan fingerprint density at radius 1 is 0.493 bits per heavy atom. The third-order valence-electron chi connectivity index (χ3n) is 24.8. The molecule has 3 fully saturated rings. The van der Waals surface area contributed by atoms with Crippen molar-refractivity contribution in [2.45, 2.75) is 240 Å². The first-order chi connectivity index (χ1) is 66.7. The number of aromatic nitrogens is 2. The zero-order chi connectivity index (χ0) is 102. The quantitative estimate of drug-likeness (QED) is 0.0132. The molecule has 25 N–H and O–H groups in total. The minimum absolute atomic E-state index is 0.00289. The number of carbonyl (C=O) groups is 18. The highest BCUT2D eigenvalue weighted by molar-refractivity contribution is 8.00. The smallest absolute Gasteiger partial charge is 0.305 e. The van der Waals surface area contributed by atoms with Crippen LogP contribution < -0.4 is 81.0 Å². The molecule has 47 nitrogen and oxygen atoms in total. The second-order valence-electron chi connectivity index (χ2n) is 35.1. The molecule has 0 bridgehead atoms. The number of unbranched alkanes of at least 4 members (excludes halogenated alkanes) is 2. The summed E-state index contributed by atoms with van der Waals surface area (Å²) in [5.41, 5.74) is 19.4. The Kier molecular flexibility index (Phi) is 41.0. The summed E-state index contributed by atoms with van der Waals surface area (Å²) in [5, 5.41) is 79.5. The van der Waals surface area contributed by atoms with Crippen molar-refractivity contribution in [2.24, 2.45) is 27.2 Å². The van der Waals surface area contributed by atoms with Crippen molar-refractivity contribution in [2.75, 3.05) is 65.4 Å². The van der Waals surface area contributed by atoms with Crippen LogP contribution in [0.1, 0.15) is 147 Å². The van der Waals surface area contributed by atoms with E-state index < -0.39 is 240 Å². The summed E-state index contributed by atoms with van der Waals surface area (Å²) in [5.74, 6) is -21.1. The highest BCUT2D eigenvalue weighted by Gasteiger charge is 2.46. The third-order valence-corrected chi connectivity index (χ3v) is 25.9. The highest BCUT2D eigenvalue weighted by Crippen LogP contribution is 2.28. The molecule has 0 aliphatic carbocycles. The van der Waals surface area contributed by atoms with Crippen LogP contribution >= 0.6 is 11.8 Å². The maximum Gasteiger partial charge on any atom is 0.305 e. The van der Waals surface area contributed by atoms with Gasteiger partial charge in [0.15, 0.2) is 11.9 Å². The number of hydrogen-bond acceptors (Lipinski definition) is 24. The van der Waals surface area contributed by atoms with E-state index >= 15 is 38.4 Å². The zero-order valence-electron chi connectivity index (χ0n) is 79.0. The fourth-order valence-electron chi connectivity index (χ4n) is 17.1. The van der Waals surface area contributed by atoms with E-state index in [1.807, 2.05) is 6.92 Å². The molecule has 6 heterocycles. The van der Waals surface area contributed by atoms with Crippen molar-refractivity contribution >= 4 is 164 Å². The number of carboxylic acid groups (broad SMARTS) is 2. The van der Waals surface area contributed by atoms with Crippen LogP contribution in [-0.4, -0.2) is 337 Å². The van der Waals surface area contributed by atoms with Crippen LogP contribution in [0.25, 0.3) is 21.8 Å². The lowest BCUT2D eigenvalue weighted by molar-refractivity contribution is -0.149. The van der Waals surface area contributed by atoms with Crippen LogP contribution in [-0.2, 0) is 106 Å². The number of hydrogen-bond donors (Lipinski definition) is 22. The van der Waals surface area contributed by atoms with Crippen molar-refractivity contribution in [3.05, 3.63) is 102 Å². The number of rotatable bonds is 29. The summed E-state index contributed by atoms with van der Waals surface area (Å²) in [7, 11) is 3.77. The number of aromatic amines is 2. The summed E-state index contributed by atoms with van der Waals surface area (Å²) in [6, 6.07) is -3.83. The van der Waals surface area contributed by atoms with Crippen LogP contribution in [0, 0.1) is 10.8 Å². The number of aliphatic carboxylic acids is 2. The minimum atomic E-state index is -2.03. The Labute approximate surface area is 811 Å². The second kappa shape index (κ2) is 52.7. The number of aliphatic imine (C=N–C) groups is 2. The summed E-state index contributed by atoms with van der Waals surface area (Å²) in [6.45, 7) is 3.74. The average molecular weight is 1970 g/mol. The molecule has 3 saturated heterocycles. The summed E-state index contributed by atoms with van der Waals surface area (Å²) < 4.78 is 0. The van der Waals surface area contributed by atoms with Crippen LogP contribution in [0.2, 0.25) is 0 Å². The first kappa shape index (κ1) is 109. The average Bonchev–Trinajstić information content (AvgIpc) is 1.56. The van der Waals surface area contributed by atoms with Gasteiger partial charge in [-0.25, -0.2) is 4.99 Å². The molecule has 9 rings (SSSR count). The molecule has 0 radical (unpaired) electrons. The predicted molar refractivity (Wildman–Crippen MR) is 515 cm³/mol. The molecule has 4 aliphatic rings. The Balaban J connectivity index is 1.12. The molecule has 5 aromatic rings. The lowest BCUT2D eigenvalue weighted by Gasteiger charge is -2.36. The Morgan fingerprint density at radius 3 is 1.52 bits per heavy atom. The molecule has 2 aromatic heterocycles. The first-order valence-corrected chi connectivity index (χ1v) is 47.7. The lowest BCUT2D eigenvalue weighted by atomic mass is 9.99. The van der Waals surface area contributed by atoms with Crippen molar-refractivity contribution in [3.63, 3.8) is 0 Å². The number of thioether (sulfide) groups is 1. The van der Waals surface area contributed by atoms with Gasteiger partial charge < -0.3 is 131 Å². The van der Waals surface area contributed by atoms with Gasteiger partial charge in [0.05, 0.1) is 31.2 Å². The van der Waals surface area contributed by atoms with Crippen LogP contribution in [0.5, 0.6) is 5.75 Å². The second-order valence-corrected chi connectivity index (χ2v) is 36.1. The molecule has 4 aliphatic heterocycles. The monoisotopic (exact) mass is 1960 g/mol. The largest absolute Gasteiger partial charge is 0.508 e. The molecule has 758 valence electrons. The van der Waals surface area contributed by atoms with E-state index in [-0.39, 0.29) is 128 Å². The normalized spacial score (nSPS) is 24.5. The van der Waals surface area contributed by atoms with E-state index in [9.17, 15) is 63.3 Å². The van der Waals surface area contributed by atoms with Gasteiger partial charge in [-0.1, -0.05) is 88.1 Å². The fraction of sp³-hybridized carbons (Fsp3) is 0.522. The van der Waals surface area contributed by atoms with Gasteiger partial charge in [-0.05, 0) is 112 Å². The third kappa shape index (κ3) is 31.1. The molecule has 140 heavy (non-hydrogen) atoms. The van der Waals surface area contributed by atoms with Gasteiger partial charge in [0.1, 0.15) is 96.7 Å². The Hall–Kier alpha value is -14.8. The lowest BCUT2D eigenvalue weighted by Crippen LogP contribution is -2.61. The predicted octanol–water partition coefficient (Wildman–Crippen LogP) is -2.70. The van der Waals surface area contributed by atoms with Gasteiger partial charge >= 0.3 is 11.9 Å². The molecule has 15 atom stereocenters. The number of likely N-dealkylation sites (N-methyl/N-ethyl adjacent to an activating group) is 3. The number of guanidine groups is 2. The van der Waals surface area contributed by atoms with E-state index in [0.717, 1.165) is 19.6 Å². The summed E-state index contributed by atoms with van der Waals surface area (Å²) in [6.07, 6.45) is 3.66. The number of carboxylic acids is 2. The number of amides is 16. The molecule has 1 unspecified atom stereocenters. The number of carbonyl (C=O) groups excluding carboxylic acids is 16. The summed E-state index contributed by atoms with van der Waals surface area (Å²) in [4.78, 5) is 284. The number of benzene rings is 3. The number of H-pyrrole nitrogens is 2. The van der Waals surface area contributed by atoms with Gasteiger partial charge in [-0.15, -0.1) is 11.8 Å². The number of nitrogens with zero attached hydrogens (tertiary/aromatic N) is 7.